The molecule has 0 bridgehead atoms. The largest absolute Gasteiger partial charge is 0.369 e. The molecule has 1 aliphatic carbocycles. The van der Waals surface area contributed by atoms with Crippen molar-refractivity contribution in [2.75, 3.05) is 11.9 Å². The first-order valence-electron chi connectivity index (χ1n) is 4.73. The van der Waals surface area contributed by atoms with E-state index in [1.54, 1.807) is 6.20 Å². The van der Waals surface area contributed by atoms with Crippen molar-refractivity contribution in [1.29, 1.82) is 0 Å². The molecule has 0 radical (unpaired) electrons. The Kier molecular flexibility index (Phi) is 1.69. The van der Waals surface area contributed by atoms with E-state index < -0.39 is 0 Å². The highest BCUT2D eigenvalue weighted by Gasteiger charge is 2.57. The summed E-state index contributed by atoms with van der Waals surface area (Å²) in [5.41, 5.74) is 1.50. The molecule has 2 nitrogen and oxygen atoms in total. The number of rotatable bonds is 0. The standard InChI is InChI=1S/C10H10BrClN2/c1-5-2-10(5)4-14-9-7(10)8(12)6(11)3-13-9/h3,5H,2,4H2,1H3,(H,13,14)/t5-,10+/m0/s1. The summed E-state index contributed by atoms with van der Waals surface area (Å²) in [6.45, 7) is 3.26. The van der Waals surface area contributed by atoms with Crippen LogP contribution in [0, 0.1) is 5.92 Å². The van der Waals surface area contributed by atoms with Gasteiger partial charge in [0, 0.05) is 23.7 Å². The van der Waals surface area contributed by atoms with Crippen molar-refractivity contribution in [3.05, 3.63) is 21.3 Å². The van der Waals surface area contributed by atoms with Crippen LogP contribution < -0.4 is 5.32 Å². The van der Waals surface area contributed by atoms with E-state index in [0.717, 1.165) is 27.8 Å². The number of pyridine rings is 1. The zero-order valence-electron chi connectivity index (χ0n) is 7.77. The van der Waals surface area contributed by atoms with E-state index in [4.69, 9.17) is 11.6 Å². The summed E-state index contributed by atoms with van der Waals surface area (Å²) in [5, 5.41) is 4.17. The van der Waals surface area contributed by atoms with Gasteiger partial charge in [-0.3, -0.25) is 0 Å². The summed E-state index contributed by atoms with van der Waals surface area (Å²) in [5.74, 6) is 1.70. The first kappa shape index (κ1) is 8.98. The molecular weight excluding hydrogens is 263 g/mol. The van der Waals surface area contributed by atoms with Crippen LogP contribution in [0.5, 0.6) is 0 Å². The van der Waals surface area contributed by atoms with Crippen molar-refractivity contribution in [2.24, 2.45) is 5.92 Å². The van der Waals surface area contributed by atoms with Gasteiger partial charge in [-0.15, -0.1) is 0 Å². The van der Waals surface area contributed by atoms with Crippen LogP contribution in [0.4, 0.5) is 5.82 Å². The predicted octanol–water partition coefficient (Wildman–Crippen LogP) is 3.20. The number of hydrogen-bond acceptors (Lipinski definition) is 2. The molecule has 0 unspecified atom stereocenters. The van der Waals surface area contributed by atoms with Gasteiger partial charge in [-0.2, -0.15) is 0 Å². The Balaban J connectivity index is 2.23. The number of anilines is 1. The quantitative estimate of drug-likeness (QED) is 0.785. The topological polar surface area (TPSA) is 24.9 Å². The van der Waals surface area contributed by atoms with Crippen LogP contribution in [0.25, 0.3) is 0 Å². The predicted molar refractivity (Wildman–Crippen MR) is 60.9 cm³/mol. The molecule has 2 heterocycles. The molecule has 0 aromatic carbocycles. The average Bonchev–Trinajstić information content (AvgIpc) is 2.64. The molecule has 1 fully saturated rings. The van der Waals surface area contributed by atoms with E-state index in [2.05, 4.69) is 33.2 Å². The molecule has 1 saturated carbocycles. The number of fused-ring (bicyclic) bond motifs is 2. The summed E-state index contributed by atoms with van der Waals surface area (Å²) < 4.78 is 0.903. The Morgan fingerprint density at radius 2 is 2.43 bits per heavy atom. The van der Waals surface area contributed by atoms with Crippen molar-refractivity contribution in [1.82, 2.24) is 4.98 Å². The molecule has 74 valence electrons. The highest BCUT2D eigenvalue weighted by molar-refractivity contribution is 9.10. The third kappa shape index (κ3) is 0.947. The minimum atomic E-state index is 0.281. The van der Waals surface area contributed by atoms with E-state index in [-0.39, 0.29) is 5.41 Å². The van der Waals surface area contributed by atoms with Gasteiger partial charge in [-0.25, -0.2) is 4.98 Å². The van der Waals surface area contributed by atoms with Gasteiger partial charge in [0.25, 0.3) is 0 Å². The number of nitrogens with one attached hydrogen (secondary N) is 1. The number of halogens is 2. The van der Waals surface area contributed by atoms with Crippen LogP contribution >= 0.6 is 27.5 Å². The fourth-order valence-corrected chi connectivity index (χ4v) is 3.09. The molecule has 2 aliphatic rings. The smallest absolute Gasteiger partial charge is 0.131 e. The maximum absolute atomic E-state index is 6.30. The number of aromatic nitrogens is 1. The normalized spacial score (nSPS) is 32.9. The lowest BCUT2D eigenvalue weighted by Gasteiger charge is -2.10. The third-order valence-electron chi connectivity index (χ3n) is 3.50. The number of nitrogens with zero attached hydrogens (tertiary/aromatic N) is 1. The molecule has 2 atom stereocenters. The van der Waals surface area contributed by atoms with E-state index >= 15 is 0 Å². The average molecular weight is 274 g/mol. The monoisotopic (exact) mass is 272 g/mol. The summed E-state index contributed by atoms with van der Waals surface area (Å²) in [6, 6.07) is 0. The molecule has 1 spiro atoms. The maximum Gasteiger partial charge on any atom is 0.131 e. The second kappa shape index (κ2) is 2.64. The molecular formula is C10H10BrClN2. The van der Waals surface area contributed by atoms with Crippen LogP contribution in [0.3, 0.4) is 0 Å². The Hall–Kier alpha value is -0.280. The van der Waals surface area contributed by atoms with Crippen LogP contribution in [0.15, 0.2) is 10.7 Å². The van der Waals surface area contributed by atoms with Gasteiger partial charge < -0.3 is 5.32 Å². The highest BCUT2D eigenvalue weighted by Crippen LogP contribution is 2.60. The molecule has 1 aromatic rings. The zero-order valence-corrected chi connectivity index (χ0v) is 10.1. The SMILES string of the molecule is C[C@H]1C[C@@]12CNc1ncc(Br)c(Cl)c12. The molecule has 1 N–H and O–H groups in total. The van der Waals surface area contributed by atoms with Gasteiger partial charge in [0.1, 0.15) is 5.82 Å². The molecule has 1 aliphatic heterocycles. The van der Waals surface area contributed by atoms with Gasteiger partial charge >= 0.3 is 0 Å². The van der Waals surface area contributed by atoms with Crippen molar-refractivity contribution in [3.8, 4) is 0 Å². The van der Waals surface area contributed by atoms with E-state index in [0.29, 0.717) is 0 Å². The Labute approximate surface area is 96.2 Å². The highest BCUT2D eigenvalue weighted by atomic mass is 79.9. The van der Waals surface area contributed by atoms with Crippen molar-refractivity contribution in [3.63, 3.8) is 0 Å². The maximum atomic E-state index is 6.30. The summed E-state index contributed by atoms with van der Waals surface area (Å²) >= 11 is 9.73. The second-order valence-corrected chi connectivity index (χ2v) is 5.49. The third-order valence-corrected chi connectivity index (χ3v) is 4.72. The van der Waals surface area contributed by atoms with E-state index in [1.165, 1.54) is 12.0 Å². The van der Waals surface area contributed by atoms with Gasteiger partial charge in [0.2, 0.25) is 0 Å². The summed E-state index contributed by atoms with van der Waals surface area (Å²) in [7, 11) is 0. The van der Waals surface area contributed by atoms with Crippen molar-refractivity contribution < 1.29 is 0 Å². The molecule has 0 amide bonds. The zero-order chi connectivity index (χ0) is 9.92. The molecule has 1 aromatic heterocycles. The number of hydrogen-bond donors (Lipinski definition) is 1. The molecule has 0 saturated heterocycles. The first-order valence-corrected chi connectivity index (χ1v) is 5.90. The van der Waals surface area contributed by atoms with Crippen LogP contribution in [-0.2, 0) is 5.41 Å². The minimum absolute atomic E-state index is 0.281. The van der Waals surface area contributed by atoms with Crippen LogP contribution in [0.1, 0.15) is 18.9 Å². The minimum Gasteiger partial charge on any atom is -0.369 e. The Morgan fingerprint density at radius 1 is 1.71 bits per heavy atom. The summed E-state index contributed by atoms with van der Waals surface area (Å²) in [4.78, 5) is 4.35. The van der Waals surface area contributed by atoms with E-state index in [9.17, 15) is 0 Å². The second-order valence-electron chi connectivity index (χ2n) is 4.26. The lowest BCUT2D eigenvalue weighted by atomic mass is 9.98. The lowest BCUT2D eigenvalue weighted by molar-refractivity contribution is 0.695. The van der Waals surface area contributed by atoms with Crippen molar-refractivity contribution in [2.45, 2.75) is 18.8 Å². The first-order chi connectivity index (χ1) is 6.65. The van der Waals surface area contributed by atoms with Crippen LogP contribution in [-0.4, -0.2) is 11.5 Å². The molecule has 4 heteroatoms. The van der Waals surface area contributed by atoms with E-state index in [1.807, 2.05) is 0 Å². The van der Waals surface area contributed by atoms with Gasteiger partial charge in [0.05, 0.1) is 9.50 Å². The Morgan fingerprint density at radius 3 is 3.07 bits per heavy atom. The fourth-order valence-electron chi connectivity index (χ4n) is 2.47. The van der Waals surface area contributed by atoms with Gasteiger partial charge in [-0.1, -0.05) is 18.5 Å². The lowest BCUT2D eigenvalue weighted by Crippen LogP contribution is -2.11. The molecule has 3 rings (SSSR count). The summed E-state index contributed by atoms with van der Waals surface area (Å²) in [6.07, 6.45) is 2.99. The van der Waals surface area contributed by atoms with Crippen LogP contribution in [0.2, 0.25) is 5.02 Å². The van der Waals surface area contributed by atoms with Gasteiger partial charge in [-0.05, 0) is 28.3 Å². The fraction of sp³-hybridized carbons (Fsp3) is 0.500. The Bertz CT molecular complexity index is 421. The molecule has 14 heavy (non-hydrogen) atoms. The van der Waals surface area contributed by atoms with Gasteiger partial charge in [0.15, 0.2) is 0 Å². The van der Waals surface area contributed by atoms with Crippen molar-refractivity contribution >= 4 is 33.3 Å².